The van der Waals surface area contributed by atoms with Crippen LogP contribution in [-0.2, 0) is 11.2 Å². The largest absolute Gasteiger partial charge is 0.443 e. The molecule has 1 amide bonds. The second-order valence-electron chi connectivity index (χ2n) is 7.18. The van der Waals surface area contributed by atoms with Gasteiger partial charge in [0.15, 0.2) is 0 Å². The highest BCUT2D eigenvalue weighted by Crippen LogP contribution is 2.28. The first-order valence-electron chi connectivity index (χ1n) is 8.54. The van der Waals surface area contributed by atoms with E-state index in [0.29, 0.717) is 6.54 Å². The van der Waals surface area contributed by atoms with Gasteiger partial charge in [-0.1, -0.05) is 48.0 Å². The summed E-state index contributed by atoms with van der Waals surface area (Å²) in [5.41, 5.74) is 3.08. The highest BCUT2D eigenvalue weighted by molar-refractivity contribution is 7.97. The molecule has 0 aliphatic carbocycles. The fourth-order valence-corrected chi connectivity index (χ4v) is 3.25. The van der Waals surface area contributed by atoms with E-state index in [1.807, 2.05) is 39.0 Å². The van der Waals surface area contributed by atoms with Crippen molar-refractivity contribution >= 4 is 18.0 Å². The van der Waals surface area contributed by atoms with E-state index in [0.717, 1.165) is 11.3 Å². The van der Waals surface area contributed by atoms with Crippen molar-refractivity contribution in [2.75, 3.05) is 6.54 Å². The maximum absolute atomic E-state index is 12.6. The molecule has 25 heavy (non-hydrogen) atoms. The topological polar surface area (TPSA) is 29.5 Å². The van der Waals surface area contributed by atoms with Crippen molar-refractivity contribution in [1.29, 1.82) is 0 Å². The summed E-state index contributed by atoms with van der Waals surface area (Å²) >= 11 is 1.45. The zero-order valence-electron chi connectivity index (χ0n) is 15.7. The Labute approximate surface area is 155 Å². The van der Waals surface area contributed by atoms with Crippen LogP contribution in [0.15, 0.2) is 53.4 Å². The molecule has 0 saturated heterocycles. The molecule has 0 aromatic heterocycles. The van der Waals surface area contributed by atoms with E-state index in [4.69, 9.17) is 4.74 Å². The molecule has 0 aliphatic heterocycles. The van der Waals surface area contributed by atoms with Gasteiger partial charge in [-0.25, -0.2) is 9.10 Å². The first-order chi connectivity index (χ1) is 11.7. The third-order valence-electron chi connectivity index (χ3n) is 3.58. The fourth-order valence-electron chi connectivity index (χ4n) is 2.38. The standard InChI is InChI=1S/C21H27NO2S/c1-16-11-12-19(17(2)15-16)25-22(20(23)24-21(3,4)5)14-13-18-9-7-6-8-10-18/h6-12,15H,13-14H2,1-5H3. The minimum absolute atomic E-state index is 0.298. The van der Waals surface area contributed by atoms with E-state index < -0.39 is 5.60 Å². The molecule has 0 saturated carbocycles. The molecule has 0 unspecified atom stereocenters. The molecule has 2 aromatic carbocycles. The number of hydrogen-bond acceptors (Lipinski definition) is 3. The van der Waals surface area contributed by atoms with Crippen molar-refractivity contribution in [3.8, 4) is 0 Å². The van der Waals surface area contributed by atoms with Crippen LogP contribution < -0.4 is 0 Å². The minimum atomic E-state index is -0.509. The number of amides is 1. The number of ether oxygens (including phenoxy) is 1. The Bertz CT molecular complexity index is 708. The second-order valence-corrected chi connectivity index (χ2v) is 8.24. The van der Waals surface area contributed by atoms with E-state index in [9.17, 15) is 4.79 Å². The zero-order chi connectivity index (χ0) is 18.4. The summed E-state index contributed by atoms with van der Waals surface area (Å²) in [5, 5.41) is 0. The maximum Gasteiger partial charge on any atom is 0.420 e. The molecule has 0 radical (unpaired) electrons. The summed E-state index contributed by atoms with van der Waals surface area (Å²) < 4.78 is 7.31. The van der Waals surface area contributed by atoms with E-state index in [1.54, 1.807) is 4.31 Å². The number of aryl methyl sites for hydroxylation is 2. The second kappa shape index (κ2) is 8.43. The van der Waals surface area contributed by atoms with Crippen LogP contribution in [0.3, 0.4) is 0 Å². The summed E-state index contributed by atoms with van der Waals surface area (Å²) in [7, 11) is 0. The highest BCUT2D eigenvalue weighted by atomic mass is 32.2. The Hall–Kier alpha value is -1.94. The number of carbonyl (C=O) groups is 1. The van der Waals surface area contributed by atoms with Crippen molar-refractivity contribution in [3.63, 3.8) is 0 Å². The molecular formula is C21H27NO2S. The van der Waals surface area contributed by atoms with E-state index in [-0.39, 0.29) is 6.09 Å². The van der Waals surface area contributed by atoms with Crippen molar-refractivity contribution in [2.45, 2.75) is 51.5 Å². The third kappa shape index (κ3) is 6.46. The van der Waals surface area contributed by atoms with Crippen molar-refractivity contribution < 1.29 is 9.53 Å². The van der Waals surface area contributed by atoms with E-state index in [2.05, 4.69) is 44.2 Å². The molecule has 4 heteroatoms. The van der Waals surface area contributed by atoms with Crippen LogP contribution in [-0.4, -0.2) is 22.5 Å². The molecule has 2 rings (SSSR count). The van der Waals surface area contributed by atoms with Crippen LogP contribution in [0.5, 0.6) is 0 Å². The van der Waals surface area contributed by atoms with Crippen molar-refractivity contribution in [3.05, 3.63) is 65.2 Å². The predicted octanol–water partition coefficient (Wildman–Crippen LogP) is 5.79. The van der Waals surface area contributed by atoms with Crippen molar-refractivity contribution in [1.82, 2.24) is 4.31 Å². The lowest BCUT2D eigenvalue weighted by Crippen LogP contribution is -2.33. The fraction of sp³-hybridized carbons (Fsp3) is 0.381. The zero-order valence-corrected chi connectivity index (χ0v) is 16.5. The third-order valence-corrected chi connectivity index (χ3v) is 4.79. The lowest BCUT2D eigenvalue weighted by atomic mass is 10.1. The van der Waals surface area contributed by atoms with Crippen LogP contribution in [0, 0.1) is 13.8 Å². The van der Waals surface area contributed by atoms with Crippen LogP contribution in [0.4, 0.5) is 4.79 Å². The SMILES string of the molecule is Cc1ccc(SN(CCc2ccccc2)C(=O)OC(C)(C)C)c(C)c1. The van der Waals surface area contributed by atoms with Crippen molar-refractivity contribution in [2.24, 2.45) is 0 Å². The first kappa shape index (κ1) is 19.4. The number of benzene rings is 2. The van der Waals surface area contributed by atoms with Gasteiger partial charge in [-0.3, -0.25) is 0 Å². The Balaban J connectivity index is 2.14. The summed E-state index contributed by atoms with van der Waals surface area (Å²) in [6.07, 6.45) is 0.492. The Morgan fingerprint density at radius 3 is 2.36 bits per heavy atom. The monoisotopic (exact) mass is 357 g/mol. The van der Waals surface area contributed by atoms with Gasteiger partial charge in [0.05, 0.1) is 0 Å². The molecule has 3 nitrogen and oxygen atoms in total. The molecule has 2 aromatic rings. The van der Waals surface area contributed by atoms with Gasteiger partial charge >= 0.3 is 6.09 Å². The Morgan fingerprint density at radius 1 is 1.08 bits per heavy atom. The van der Waals surface area contributed by atoms with E-state index in [1.165, 1.54) is 28.6 Å². The van der Waals surface area contributed by atoms with Gasteiger partial charge in [0.25, 0.3) is 0 Å². The predicted molar refractivity (Wildman–Crippen MR) is 105 cm³/mol. The quantitative estimate of drug-likeness (QED) is 0.634. The lowest BCUT2D eigenvalue weighted by Gasteiger charge is -2.27. The summed E-state index contributed by atoms with van der Waals surface area (Å²) in [4.78, 5) is 13.7. The number of nitrogens with zero attached hydrogens (tertiary/aromatic N) is 1. The Kier molecular flexibility index (Phi) is 6.54. The molecular weight excluding hydrogens is 330 g/mol. The first-order valence-corrected chi connectivity index (χ1v) is 9.31. The molecule has 0 atom stereocenters. The molecule has 0 heterocycles. The van der Waals surface area contributed by atoms with Gasteiger partial charge in [-0.05, 0) is 70.2 Å². The van der Waals surface area contributed by atoms with E-state index >= 15 is 0 Å². The smallest absolute Gasteiger partial charge is 0.420 e. The van der Waals surface area contributed by atoms with Gasteiger partial charge in [0, 0.05) is 11.4 Å². The molecule has 0 fully saturated rings. The summed E-state index contributed by atoms with van der Waals surface area (Å²) in [6.45, 7) is 10.4. The van der Waals surface area contributed by atoms with Gasteiger partial charge < -0.3 is 4.74 Å². The highest BCUT2D eigenvalue weighted by Gasteiger charge is 2.23. The lowest BCUT2D eigenvalue weighted by molar-refractivity contribution is 0.0406. The summed E-state index contributed by atoms with van der Waals surface area (Å²) in [5.74, 6) is 0. The van der Waals surface area contributed by atoms with Gasteiger partial charge in [0.1, 0.15) is 5.60 Å². The molecule has 0 spiro atoms. The average Bonchev–Trinajstić information content (AvgIpc) is 2.52. The van der Waals surface area contributed by atoms with Gasteiger partial charge in [-0.15, -0.1) is 0 Å². The summed E-state index contributed by atoms with van der Waals surface area (Å²) in [6, 6.07) is 16.5. The molecule has 0 aliphatic rings. The van der Waals surface area contributed by atoms with Crippen LogP contribution in [0.1, 0.15) is 37.5 Å². The number of rotatable bonds is 5. The molecule has 0 N–H and O–H groups in total. The van der Waals surface area contributed by atoms with Gasteiger partial charge in [0.2, 0.25) is 0 Å². The van der Waals surface area contributed by atoms with Gasteiger partial charge in [-0.2, -0.15) is 0 Å². The molecule has 134 valence electrons. The van der Waals surface area contributed by atoms with Crippen LogP contribution >= 0.6 is 11.9 Å². The minimum Gasteiger partial charge on any atom is -0.443 e. The molecule has 0 bridgehead atoms. The Morgan fingerprint density at radius 2 is 1.76 bits per heavy atom. The number of carbonyl (C=O) groups excluding carboxylic acids is 1. The average molecular weight is 358 g/mol. The number of hydrogen-bond donors (Lipinski definition) is 0. The van der Waals surface area contributed by atoms with Crippen LogP contribution in [0.2, 0.25) is 0 Å². The maximum atomic E-state index is 12.6. The normalized spacial score (nSPS) is 11.2. The van der Waals surface area contributed by atoms with Crippen LogP contribution in [0.25, 0.3) is 0 Å².